The first-order valence-electron chi connectivity index (χ1n) is 5.31. The second kappa shape index (κ2) is 8.23. The number of carbonyl (C=O) groups excluding carboxylic acids is 1. The van der Waals surface area contributed by atoms with E-state index in [1.54, 1.807) is 0 Å². The Morgan fingerprint density at radius 2 is 1.80 bits per heavy atom. The molecular formula is C10H20N2O3. The molecule has 0 fully saturated rings. The third-order valence-electron chi connectivity index (χ3n) is 2.21. The number of aliphatic carboxylic acids is 1. The second-order valence-corrected chi connectivity index (χ2v) is 3.27. The number of likely N-dealkylation sites (N-methyl/N-ethyl adjacent to an activating group) is 1. The number of carboxylic acids is 1. The highest BCUT2D eigenvalue weighted by molar-refractivity contribution is 5.80. The lowest BCUT2D eigenvalue weighted by Crippen LogP contribution is -2.34. The molecule has 0 rings (SSSR count). The van der Waals surface area contributed by atoms with Crippen molar-refractivity contribution in [3.05, 3.63) is 0 Å². The summed E-state index contributed by atoms with van der Waals surface area (Å²) in [6, 6.07) is 0. The van der Waals surface area contributed by atoms with E-state index in [1.165, 1.54) is 0 Å². The average Bonchev–Trinajstić information content (AvgIpc) is 2.21. The number of hydrogen-bond acceptors (Lipinski definition) is 3. The first-order chi connectivity index (χ1) is 7.10. The van der Waals surface area contributed by atoms with Gasteiger partial charge in [-0.3, -0.25) is 9.59 Å². The van der Waals surface area contributed by atoms with Crippen molar-refractivity contribution in [2.75, 3.05) is 26.2 Å². The van der Waals surface area contributed by atoms with Gasteiger partial charge in [0.1, 0.15) is 0 Å². The highest BCUT2D eigenvalue weighted by Crippen LogP contribution is 1.89. The molecule has 88 valence electrons. The smallest absolute Gasteiger partial charge is 0.303 e. The Morgan fingerprint density at radius 1 is 1.20 bits per heavy atom. The van der Waals surface area contributed by atoms with Crippen LogP contribution in [0.3, 0.4) is 0 Å². The number of amides is 1. The van der Waals surface area contributed by atoms with Crippen molar-refractivity contribution in [1.82, 2.24) is 10.2 Å². The molecule has 0 bridgehead atoms. The summed E-state index contributed by atoms with van der Waals surface area (Å²) in [6.45, 7) is 7.44. The standard InChI is InChI=1S/C10H20N2O3/c1-3-12(4-2)8-7-11-9(13)5-6-10(14)15/h3-8H2,1-2H3,(H,11,13)(H,14,15). The first kappa shape index (κ1) is 13.9. The van der Waals surface area contributed by atoms with Gasteiger partial charge >= 0.3 is 5.97 Å². The summed E-state index contributed by atoms with van der Waals surface area (Å²) >= 11 is 0. The summed E-state index contributed by atoms with van der Waals surface area (Å²) in [4.78, 5) is 23.5. The zero-order valence-corrected chi connectivity index (χ0v) is 9.45. The highest BCUT2D eigenvalue weighted by atomic mass is 16.4. The van der Waals surface area contributed by atoms with Gasteiger partial charge in [-0.05, 0) is 13.1 Å². The fourth-order valence-corrected chi connectivity index (χ4v) is 1.20. The van der Waals surface area contributed by atoms with Gasteiger partial charge in [0.2, 0.25) is 5.91 Å². The van der Waals surface area contributed by atoms with Crippen LogP contribution in [0.15, 0.2) is 0 Å². The molecule has 5 nitrogen and oxygen atoms in total. The molecule has 0 aliphatic carbocycles. The van der Waals surface area contributed by atoms with Gasteiger partial charge in [-0.25, -0.2) is 0 Å². The van der Waals surface area contributed by atoms with E-state index < -0.39 is 5.97 Å². The SMILES string of the molecule is CCN(CC)CCNC(=O)CCC(=O)O. The predicted molar refractivity (Wildman–Crippen MR) is 57.7 cm³/mol. The van der Waals surface area contributed by atoms with Crippen LogP contribution in [0.1, 0.15) is 26.7 Å². The molecule has 0 saturated heterocycles. The van der Waals surface area contributed by atoms with E-state index in [9.17, 15) is 9.59 Å². The van der Waals surface area contributed by atoms with Crippen molar-refractivity contribution >= 4 is 11.9 Å². The van der Waals surface area contributed by atoms with E-state index in [4.69, 9.17) is 5.11 Å². The van der Waals surface area contributed by atoms with Gasteiger partial charge in [0, 0.05) is 19.5 Å². The Labute approximate surface area is 90.5 Å². The van der Waals surface area contributed by atoms with Gasteiger partial charge in [-0.2, -0.15) is 0 Å². The minimum atomic E-state index is -0.936. The second-order valence-electron chi connectivity index (χ2n) is 3.27. The lowest BCUT2D eigenvalue weighted by atomic mass is 10.3. The van der Waals surface area contributed by atoms with Crippen molar-refractivity contribution < 1.29 is 14.7 Å². The zero-order valence-electron chi connectivity index (χ0n) is 9.45. The topological polar surface area (TPSA) is 69.6 Å². The summed E-state index contributed by atoms with van der Waals surface area (Å²) in [5, 5.41) is 11.1. The summed E-state index contributed by atoms with van der Waals surface area (Å²) in [6.07, 6.45) is -0.0370. The molecule has 5 heteroatoms. The largest absolute Gasteiger partial charge is 0.481 e. The molecule has 1 amide bonds. The lowest BCUT2D eigenvalue weighted by molar-refractivity contribution is -0.138. The van der Waals surface area contributed by atoms with E-state index >= 15 is 0 Å². The number of nitrogens with one attached hydrogen (secondary N) is 1. The molecule has 0 aromatic heterocycles. The molecule has 0 aliphatic rings. The van der Waals surface area contributed by atoms with Gasteiger partial charge in [0.05, 0.1) is 6.42 Å². The molecule has 0 unspecified atom stereocenters. The summed E-state index contributed by atoms with van der Waals surface area (Å²) in [5.41, 5.74) is 0. The zero-order chi connectivity index (χ0) is 11.7. The van der Waals surface area contributed by atoms with Gasteiger partial charge in [0.25, 0.3) is 0 Å². The van der Waals surface area contributed by atoms with Crippen LogP contribution in [-0.2, 0) is 9.59 Å². The lowest BCUT2D eigenvalue weighted by Gasteiger charge is -2.17. The predicted octanol–water partition coefficient (Wildman–Crippen LogP) is 0.309. The quantitative estimate of drug-likeness (QED) is 0.612. The Hall–Kier alpha value is -1.10. The molecular weight excluding hydrogens is 196 g/mol. The number of carbonyl (C=O) groups is 2. The summed E-state index contributed by atoms with van der Waals surface area (Å²) in [7, 11) is 0. The fraction of sp³-hybridized carbons (Fsp3) is 0.800. The summed E-state index contributed by atoms with van der Waals surface area (Å²) in [5.74, 6) is -1.13. The van der Waals surface area contributed by atoms with E-state index in [-0.39, 0.29) is 18.7 Å². The maximum Gasteiger partial charge on any atom is 0.303 e. The van der Waals surface area contributed by atoms with Gasteiger partial charge in [-0.15, -0.1) is 0 Å². The van der Waals surface area contributed by atoms with Crippen molar-refractivity contribution in [3.63, 3.8) is 0 Å². The summed E-state index contributed by atoms with van der Waals surface area (Å²) < 4.78 is 0. The molecule has 0 spiro atoms. The molecule has 0 atom stereocenters. The van der Waals surface area contributed by atoms with E-state index in [1.807, 2.05) is 0 Å². The number of carboxylic acid groups (broad SMARTS) is 1. The molecule has 0 saturated carbocycles. The Morgan fingerprint density at radius 3 is 2.27 bits per heavy atom. The van der Waals surface area contributed by atoms with Crippen LogP contribution >= 0.6 is 0 Å². The van der Waals surface area contributed by atoms with Crippen LogP contribution in [-0.4, -0.2) is 48.1 Å². The van der Waals surface area contributed by atoms with Crippen molar-refractivity contribution in [2.24, 2.45) is 0 Å². The van der Waals surface area contributed by atoms with Gasteiger partial charge in [-0.1, -0.05) is 13.8 Å². The minimum absolute atomic E-state index is 0.0631. The van der Waals surface area contributed by atoms with Gasteiger partial charge < -0.3 is 15.3 Å². The Balaban J connectivity index is 3.49. The number of hydrogen-bond donors (Lipinski definition) is 2. The first-order valence-corrected chi connectivity index (χ1v) is 5.31. The highest BCUT2D eigenvalue weighted by Gasteiger charge is 2.05. The molecule has 15 heavy (non-hydrogen) atoms. The Kier molecular flexibility index (Phi) is 7.62. The van der Waals surface area contributed by atoms with Crippen LogP contribution < -0.4 is 5.32 Å². The van der Waals surface area contributed by atoms with E-state index in [0.717, 1.165) is 19.6 Å². The maximum absolute atomic E-state index is 11.1. The van der Waals surface area contributed by atoms with Gasteiger partial charge in [0.15, 0.2) is 0 Å². The monoisotopic (exact) mass is 216 g/mol. The number of nitrogens with zero attached hydrogens (tertiary/aromatic N) is 1. The number of rotatable bonds is 8. The van der Waals surface area contributed by atoms with E-state index in [0.29, 0.717) is 6.54 Å². The Bertz CT molecular complexity index is 203. The van der Waals surface area contributed by atoms with Crippen LogP contribution in [0.25, 0.3) is 0 Å². The molecule has 0 heterocycles. The molecule has 0 aliphatic heterocycles. The van der Waals surface area contributed by atoms with Crippen molar-refractivity contribution in [1.29, 1.82) is 0 Å². The third kappa shape index (κ3) is 7.93. The average molecular weight is 216 g/mol. The van der Waals surface area contributed by atoms with Crippen molar-refractivity contribution in [3.8, 4) is 0 Å². The molecule has 0 radical (unpaired) electrons. The minimum Gasteiger partial charge on any atom is -0.481 e. The van der Waals surface area contributed by atoms with E-state index in [2.05, 4.69) is 24.1 Å². The van der Waals surface area contributed by atoms with Crippen LogP contribution in [0.5, 0.6) is 0 Å². The molecule has 0 aromatic carbocycles. The van der Waals surface area contributed by atoms with Crippen LogP contribution in [0.2, 0.25) is 0 Å². The maximum atomic E-state index is 11.1. The van der Waals surface area contributed by atoms with Crippen molar-refractivity contribution in [2.45, 2.75) is 26.7 Å². The van der Waals surface area contributed by atoms with Crippen LogP contribution in [0.4, 0.5) is 0 Å². The fourth-order valence-electron chi connectivity index (χ4n) is 1.20. The molecule has 2 N–H and O–H groups in total. The third-order valence-corrected chi connectivity index (χ3v) is 2.21. The van der Waals surface area contributed by atoms with Crippen LogP contribution in [0, 0.1) is 0 Å². The molecule has 0 aromatic rings. The normalized spacial score (nSPS) is 10.3.